The molecule has 2 aromatic rings. The summed E-state index contributed by atoms with van der Waals surface area (Å²) >= 11 is 1.79. The Morgan fingerprint density at radius 1 is 0.941 bits per heavy atom. The van der Waals surface area contributed by atoms with Crippen LogP contribution in [-0.4, -0.2) is 0 Å². The lowest BCUT2D eigenvalue weighted by molar-refractivity contribution is 1.18. The highest BCUT2D eigenvalue weighted by Gasteiger charge is 2.02. The topological polar surface area (TPSA) is 23.8 Å². The van der Waals surface area contributed by atoms with Crippen molar-refractivity contribution in [1.29, 1.82) is 5.26 Å². The molecule has 0 N–H and O–H groups in total. The van der Waals surface area contributed by atoms with Crippen LogP contribution in [0.4, 0.5) is 0 Å². The van der Waals surface area contributed by atoms with E-state index in [1.165, 1.54) is 10.5 Å². The van der Waals surface area contributed by atoms with E-state index >= 15 is 0 Å². The van der Waals surface area contributed by atoms with Gasteiger partial charge in [0.1, 0.15) is 0 Å². The minimum Gasteiger partial charge on any atom is -0.198 e. The van der Waals surface area contributed by atoms with Crippen LogP contribution in [0, 0.1) is 11.3 Å². The maximum absolute atomic E-state index is 8.77. The minimum atomic E-state index is 0.484. The lowest BCUT2D eigenvalue weighted by atomic mass is 10.2. The number of nitrogens with zero attached hydrogens (tertiary/aromatic N) is 1. The van der Waals surface area contributed by atoms with E-state index in [9.17, 15) is 0 Å². The number of hydrogen-bond donors (Lipinski definition) is 0. The second-order valence-corrected chi connectivity index (χ2v) is 4.73. The molecule has 0 unspecified atom stereocenters. The first-order valence-electron chi connectivity index (χ1n) is 5.52. The summed E-state index contributed by atoms with van der Waals surface area (Å²) in [4.78, 5) is 1.21. The maximum atomic E-state index is 8.77. The molecule has 84 valence electrons. The molecule has 0 aromatic heterocycles. The van der Waals surface area contributed by atoms with E-state index in [0.717, 1.165) is 11.3 Å². The van der Waals surface area contributed by atoms with Crippen molar-refractivity contribution in [3.05, 3.63) is 65.7 Å². The molecule has 0 bridgehead atoms. The molecule has 0 fully saturated rings. The monoisotopic (exact) mass is 239 g/mol. The standard InChI is InChI=1S/C15H13NS/c16-11-10-14-8-4-5-9-15(14)17-12-13-6-2-1-3-7-13/h1-9H,10,12H2. The van der Waals surface area contributed by atoms with Gasteiger partial charge >= 0.3 is 0 Å². The Bertz CT molecular complexity index is 514. The van der Waals surface area contributed by atoms with Crippen LogP contribution in [0.5, 0.6) is 0 Å². The van der Waals surface area contributed by atoms with Crippen molar-refractivity contribution < 1.29 is 0 Å². The summed E-state index contributed by atoms with van der Waals surface area (Å²) in [5.74, 6) is 0.948. The van der Waals surface area contributed by atoms with Crippen LogP contribution in [-0.2, 0) is 12.2 Å². The van der Waals surface area contributed by atoms with Crippen molar-refractivity contribution in [3.8, 4) is 6.07 Å². The van der Waals surface area contributed by atoms with E-state index in [1.807, 2.05) is 24.3 Å². The molecule has 1 nitrogen and oxygen atoms in total. The Balaban J connectivity index is 2.07. The largest absolute Gasteiger partial charge is 0.198 e. The van der Waals surface area contributed by atoms with Crippen LogP contribution in [0.2, 0.25) is 0 Å². The molecule has 0 aliphatic rings. The summed E-state index contributed by atoms with van der Waals surface area (Å²) in [6.45, 7) is 0. The fourth-order valence-electron chi connectivity index (χ4n) is 1.61. The van der Waals surface area contributed by atoms with E-state index in [2.05, 4.69) is 36.4 Å². The van der Waals surface area contributed by atoms with E-state index < -0.39 is 0 Å². The van der Waals surface area contributed by atoms with Gasteiger partial charge < -0.3 is 0 Å². The molecular weight excluding hydrogens is 226 g/mol. The second-order valence-electron chi connectivity index (χ2n) is 3.72. The quantitative estimate of drug-likeness (QED) is 0.752. The zero-order valence-corrected chi connectivity index (χ0v) is 10.3. The van der Waals surface area contributed by atoms with Gasteiger partial charge in [0, 0.05) is 10.6 Å². The smallest absolute Gasteiger partial charge is 0.0670 e. The van der Waals surface area contributed by atoms with Gasteiger partial charge in [0.15, 0.2) is 0 Å². The number of benzene rings is 2. The summed E-state index contributed by atoms with van der Waals surface area (Å²) < 4.78 is 0. The van der Waals surface area contributed by atoms with Crippen LogP contribution in [0.15, 0.2) is 59.5 Å². The molecule has 2 aromatic carbocycles. The van der Waals surface area contributed by atoms with Crippen LogP contribution < -0.4 is 0 Å². The van der Waals surface area contributed by atoms with E-state index in [1.54, 1.807) is 11.8 Å². The van der Waals surface area contributed by atoms with Crippen molar-refractivity contribution in [2.24, 2.45) is 0 Å². The van der Waals surface area contributed by atoms with Crippen LogP contribution in [0.25, 0.3) is 0 Å². The summed E-state index contributed by atoms with van der Waals surface area (Å²) in [5, 5.41) is 8.77. The molecule has 17 heavy (non-hydrogen) atoms. The molecule has 0 aliphatic heterocycles. The molecule has 0 saturated heterocycles. The summed E-state index contributed by atoms with van der Waals surface area (Å²) in [5.41, 5.74) is 2.43. The minimum absolute atomic E-state index is 0.484. The molecule has 2 heteroatoms. The van der Waals surface area contributed by atoms with Crippen LogP contribution >= 0.6 is 11.8 Å². The van der Waals surface area contributed by atoms with Gasteiger partial charge in [-0.2, -0.15) is 5.26 Å². The zero-order chi connectivity index (χ0) is 11.9. The first-order chi connectivity index (χ1) is 8.40. The van der Waals surface area contributed by atoms with Crippen molar-refractivity contribution >= 4 is 11.8 Å². The van der Waals surface area contributed by atoms with Gasteiger partial charge in [-0.1, -0.05) is 48.5 Å². The highest BCUT2D eigenvalue weighted by Crippen LogP contribution is 2.26. The van der Waals surface area contributed by atoms with Crippen molar-refractivity contribution in [2.45, 2.75) is 17.1 Å². The highest BCUT2D eigenvalue weighted by molar-refractivity contribution is 7.98. The Hall–Kier alpha value is -1.72. The molecule has 0 amide bonds. The van der Waals surface area contributed by atoms with Gasteiger partial charge in [-0.15, -0.1) is 11.8 Å². The maximum Gasteiger partial charge on any atom is 0.0670 e. The fourth-order valence-corrected chi connectivity index (χ4v) is 2.63. The predicted molar refractivity (Wildman–Crippen MR) is 71.8 cm³/mol. The van der Waals surface area contributed by atoms with Gasteiger partial charge in [0.25, 0.3) is 0 Å². The molecule has 0 saturated carbocycles. The molecule has 2 rings (SSSR count). The second kappa shape index (κ2) is 6.12. The Kier molecular flexibility index (Phi) is 4.23. The number of hydrogen-bond acceptors (Lipinski definition) is 2. The molecule has 0 spiro atoms. The molecular formula is C15H13NS. The van der Waals surface area contributed by atoms with Gasteiger partial charge in [0.2, 0.25) is 0 Å². The summed E-state index contributed by atoms with van der Waals surface area (Å²) in [6.07, 6.45) is 0.484. The Morgan fingerprint density at radius 2 is 1.65 bits per heavy atom. The zero-order valence-electron chi connectivity index (χ0n) is 9.47. The average Bonchev–Trinajstić information content (AvgIpc) is 2.39. The highest BCUT2D eigenvalue weighted by atomic mass is 32.2. The third-order valence-corrected chi connectivity index (χ3v) is 3.67. The third kappa shape index (κ3) is 3.37. The van der Waals surface area contributed by atoms with E-state index in [-0.39, 0.29) is 0 Å². The molecule has 0 radical (unpaired) electrons. The van der Waals surface area contributed by atoms with Gasteiger partial charge in [-0.3, -0.25) is 0 Å². The molecule has 0 atom stereocenters. The van der Waals surface area contributed by atoms with Crippen molar-refractivity contribution in [2.75, 3.05) is 0 Å². The summed E-state index contributed by atoms with van der Waals surface area (Å²) in [6, 6.07) is 20.7. The molecule has 0 aliphatic carbocycles. The first kappa shape index (κ1) is 11.8. The predicted octanol–water partition coefficient (Wildman–Crippen LogP) is 4.04. The number of nitriles is 1. The number of rotatable bonds is 4. The lowest BCUT2D eigenvalue weighted by Crippen LogP contribution is -1.87. The van der Waals surface area contributed by atoms with E-state index in [4.69, 9.17) is 5.26 Å². The van der Waals surface area contributed by atoms with Crippen LogP contribution in [0.1, 0.15) is 11.1 Å². The van der Waals surface area contributed by atoms with Gasteiger partial charge in [-0.25, -0.2) is 0 Å². The van der Waals surface area contributed by atoms with Crippen LogP contribution in [0.3, 0.4) is 0 Å². The van der Waals surface area contributed by atoms with Gasteiger partial charge in [0.05, 0.1) is 12.5 Å². The Labute approximate surface area is 106 Å². The molecule has 0 heterocycles. The Morgan fingerprint density at radius 3 is 2.41 bits per heavy atom. The fraction of sp³-hybridized carbons (Fsp3) is 0.133. The lowest BCUT2D eigenvalue weighted by Gasteiger charge is -2.06. The van der Waals surface area contributed by atoms with Crippen molar-refractivity contribution in [3.63, 3.8) is 0 Å². The SMILES string of the molecule is N#CCc1ccccc1SCc1ccccc1. The summed E-state index contributed by atoms with van der Waals surface area (Å²) in [7, 11) is 0. The van der Waals surface area contributed by atoms with Crippen molar-refractivity contribution in [1.82, 2.24) is 0 Å². The third-order valence-electron chi connectivity index (χ3n) is 2.48. The average molecular weight is 239 g/mol. The normalized spacial score (nSPS) is 9.82. The van der Waals surface area contributed by atoms with E-state index in [0.29, 0.717) is 6.42 Å². The number of thioether (sulfide) groups is 1. The first-order valence-corrected chi connectivity index (χ1v) is 6.50. The van der Waals surface area contributed by atoms with Gasteiger partial charge in [-0.05, 0) is 17.2 Å².